The smallest absolute Gasteiger partial charge is 0.276 e. The van der Waals surface area contributed by atoms with E-state index in [-0.39, 0.29) is 23.7 Å². The Labute approximate surface area is 152 Å². The molecule has 6 nitrogen and oxygen atoms in total. The fourth-order valence-electron chi connectivity index (χ4n) is 3.26. The van der Waals surface area contributed by atoms with Crippen LogP contribution in [0, 0.1) is 0 Å². The van der Waals surface area contributed by atoms with Crippen LogP contribution in [0.2, 0.25) is 5.02 Å². The fraction of sp³-hybridized carbons (Fsp3) is 0.444. The van der Waals surface area contributed by atoms with Gasteiger partial charge < -0.3 is 14.5 Å². The van der Waals surface area contributed by atoms with Crippen LogP contribution < -0.4 is 0 Å². The zero-order valence-corrected chi connectivity index (χ0v) is 15.5. The normalized spacial score (nSPS) is 20.9. The predicted octanol–water partition coefficient (Wildman–Crippen LogP) is 2.22. The summed E-state index contributed by atoms with van der Waals surface area (Å²) in [7, 11) is 5.76. The van der Waals surface area contributed by atoms with Gasteiger partial charge in [-0.1, -0.05) is 41.9 Å². The highest BCUT2D eigenvalue weighted by Crippen LogP contribution is 2.32. The third-order valence-electron chi connectivity index (χ3n) is 4.29. The molecular formula is C18H23ClN4O2. The molecule has 25 heavy (non-hydrogen) atoms. The standard InChI is InChI=1S/C18H23ClN4O2/c1-21(2)12-15-17(13-7-5-4-6-8-13)23(9-10-25-15)18(24)16-14(19)11-22(3)20-16/h4-8,11,15,17H,9-10,12H2,1-3H3/t15-,17-/m0/s1. The van der Waals surface area contributed by atoms with E-state index < -0.39 is 0 Å². The number of aryl methyl sites for hydroxylation is 1. The molecule has 0 N–H and O–H groups in total. The molecule has 0 saturated carbocycles. The Hall–Kier alpha value is -1.89. The Morgan fingerprint density at radius 1 is 1.36 bits per heavy atom. The van der Waals surface area contributed by atoms with Crippen molar-refractivity contribution in [3.8, 4) is 0 Å². The lowest BCUT2D eigenvalue weighted by Gasteiger charge is -2.42. The zero-order valence-electron chi connectivity index (χ0n) is 14.7. The summed E-state index contributed by atoms with van der Waals surface area (Å²) in [6.07, 6.45) is 1.53. The Bertz CT molecular complexity index is 732. The van der Waals surface area contributed by atoms with Gasteiger partial charge in [0.1, 0.15) is 0 Å². The highest BCUT2D eigenvalue weighted by atomic mass is 35.5. The van der Waals surface area contributed by atoms with Gasteiger partial charge in [-0.05, 0) is 19.7 Å². The molecule has 2 aromatic rings. The molecule has 1 fully saturated rings. The third kappa shape index (κ3) is 3.86. The number of rotatable bonds is 4. The number of amides is 1. The quantitative estimate of drug-likeness (QED) is 0.836. The second-order valence-electron chi connectivity index (χ2n) is 6.52. The average Bonchev–Trinajstić information content (AvgIpc) is 2.92. The van der Waals surface area contributed by atoms with Gasteiger partial charge in [-0.2, -0.15) is 5.10 Å². The first-order chi connectivity index (χ1) is 12.0. The van der Waals surface area contributed by atoms with Crippen molar-refractivity contribution < 1.29 is 9.53 Å². The number of benzene rings is 1. The Balaban J connectivity index is 1.97. The lowest BCUT2D eigenvalue weighted by molar-refractivity contribution is -0.0686. The lowest BCUT2D eigenvalue weighted by Crippen LogP contribution is -2.51. The number of morpholine rings is 1. The van der Waals surface area contributed by atoms with Gasteiger partial charge in [0.25, 0.3) is 5.91 Å². The molecule has 1 aliphatic rings. The van der Waals surface area contributed by atoms with Crippen molar-refractivity contribution in [3.05, 3.63) is 52.8 Å². The van der Waals surface area contributed by atoms with Crippen molar-refractivity contribution >= 4 is 17.5 Å². The van der Waals surface area contributed by atoms with E-state index in [2.05, 4.69) is 10.00 Å². The Kier molecular flexibility index (Phi) is 5.42. The highest BCUT2D eigenvalue weighted by Gasteiger charge is 2.38. The van der Waals surface area contributed by atoms with Gasteiger partial charge in [0.15, 0.2) is 5.69 Å². The van der Waals surface area contributed by atoms with E-state index in [1.54, 1.807) is 17.9 Å². The van der Waals surface area contributed by atoms with Crippen molar-refractivity contribution in [2.75, 3.05) is 33.8 Å². The maximum absolute atomic E-state index is 13.1. The molecule has 0 bridgehead atoms. The number of hydrogen-bond acceptors (Lipinski definition) is 4. The molecule has 0 radical (unpaired) electrons. The number of carbonyl (C=O) groups is 1. The summed E-state index contributed by atoms with van der Waals surface area (Å²) in [6, 6.07) is 9.81. The van der Waals surface area contributed by atoms with Gasteiger partial charge in [-0.15, -0.1) is 0 Å². The lowest BCUT2D eigenvalue weighted by atomic mass is 9.97. The largest absolute Gasteiger partial charge is 0.373 e. The van der Waals surface area contributed by atoms with Gasteiger partial charge in [0.2, 0.25) is 0 Å². The molecule has 1 aromatic heterocycles. The second kappa shape index (κ2) is 7.56. The minimum absolute atomic E-state index is 0.113. The monoisotopic (exact) mass is 362 g/mol. The van der Waals surface area contributed by atoms with E-state index in [9.17, 15) is 4.79 Å². The first-order valence-electron chi connectivity index (χ1n) is 8.28. The van der Waals surface area contributed by atoms with E-state index in [0.29, 0.717) is 18.2 Å². The summed E-state index contributed by atoms with van der Waals surface area (Å²) in [4.78, 5) is 17.1. The molecule has 1 aliphatic heterocycles. The van der Waals surface area contributed by atoms with Crippen molar-refractivity contribution in [1.29, 1.82) is 0 Å². The number of ether oxygens (including phenoxy) is 1. The number of hydrogen-bond donors (Lipinski definition) is 0. The van der Waals surface area contributed by atoms with Crippen molar-refractivity contribution in [2.24, 2.45) is 7.05 Å². The SMILES string of the molecule is CN(C)C[C@@H]1OCCN(C(=O)c2nn(C)cc2Cl)[C@H]1c1ccccc1. The molecule has 2 heterocycles. The fourth-order valence-corrected chi connectivity index (χ4v) is 3.52. The molecule has 0 spiro atoms. The van der Waals surface area contributed by atoms with Crippen LogP contribution in [-0.2, 0) is 11.8 Å². The van der Waals surface area contributed by atoms with Crippen LogP contribution in [0.1, 0.15) is 22.1 Å². The van der Waals surface area contributed by atoms with Crippen LogP contribution in [0.15, 0.2) is 36.5 Å². The van der Waals surface area contributed by atoms with Gasteiger partial charge in [-0.25, -0.2) is 0 Å². The van der Waals surface area contributed by atoms with Crippen LogP contribution in [0.25, 0.3) is 0 Å². The average molecular weight is 363 g/mol. The number of likely N-dealkylation sites (N-methyl/N-ethyl adjacent to an activating group) is 1. The number of aromatic nitrogens is 2. The summed E-state index contributed by atoms with van der Waals surface area (Å²) >= 11 is 6.20. The van der Waals surface area contributed by atoms with Gasteiger partial charge >= 0.3 is 0 Å². The molecule has 3 rings (SSSR count). The van der Waals surface area contributed by atoms with E-state index in [1.165, 1.54) is 0 Å². The molecule has 1 amide bonds. The minimum atomic E-state index is -0.178. The summed E-state index contributed by atoms with van der Waals surface area (Å²) < 4.78 is 7.57. The molecule has 1 saturated heterocycles. The molecule has 7 heteroatoms. The minimum Gasteiger partial charge on any atom is -0.373 e. The van der Waals surface area contributed by atoms with E-state index >= 15 is 0 Å². The van der Waals surface area contributed by atoms with Gasteiger partial charge in [0.05, 0.1) is 23.8 Å². The topological polar surface area (TPSA) is 50.6 Å². The summed E-state index contributed by atoms with van der Waals surface area (Å²) in [6.45, 7) is 1.73. The highest BCUT2D eigenvalue weighted by molar-refractivity contribution is 6.33. The Morgan fingerprint density at radius 3 is 2.68 bits per heavy atom. The molecule has 1 aromatic carbocycles. The van der Waals surface area contributed by atoms with Crippen molar-refractivity contribution in [2.45, 2.75) is 12.1 Å². The summed E-state index contributed by atoms with van der Waals surface area (Å²) in [5.74, 6) is -0.161. The number of halogens is 1. The van der Waals surface area contributed by atoms with E-state index in [1.807, 2.05) is 49.3 Å². The van der Waals surface area contributed by atoms with E-state index in [0.717, 1.165) is 12.1 Å². The van der Waals surface area contributed by atoms with Crippen LogP contribution in [0.3, 0.4) is 0 Å². The molecule has 0 aliphatic carbocycles. The second-order valence-corrected chi connectivity index (χ2v) is 6.93. The summed E-state index contributed by atoms with van der Waals surface area (Å²) in [5.41, 5.74) is 1.34. The van der Waals surface area contributed by atoms with Gasteiger partial charge in [-0.3, -0.25) is 9.48 Å². The predicted molar refractivity (Wildman–Crippen MR) is 96.7 cm³/mol. The third-order valence-corrected chi connectivity index (χ3v) is 4.56. The number of nitrogens with zero attached hydrogens (tertiary/aromatic N) is 4. The molecule has 134 valence electrons. The Morgan fingerprint density at radius 2 is 2.08 bits per heavy atom. The van der Waals surface area contributed by atoms with Crippen LogP contribution >= 0.6 is 11.6 Å². The molecule has 2 atom stereocenters. The van der Waals surface area contributed by atoms with Gasteiger partial charge in [0, 0.05) is 26.3 Å². The van der Waals surface area contributed by atoms with Crippen LogP contribution in [0.4, 0.5) is 0 Å². The maximum atomic E-state index is 13.1. The molecular weight excluding hydrogens is 340 g/mol. The zero-order chi connectivity index (χ0) is 18.0. The maximum Gasteiger partial charge on any atom is 0.276 e. The van der Waals surface area contributed by atoms with Crippen LogP contribution in [-0.4, -0.2) is 65.4 Å². The van der Waals surface area contributed by atoms with Crippen molar-refractivity contribution in [1.82, 2.24) is 19.6 Å². The van der Waals surface area contributed by atoms with Crippen LogP contribution in [0.5, 0.6) is 0 Å². The van der Waals surface area contributed by atoms with Crippen molar-refractivity contribution in [3.63, 3.8) is 0 Å². The first kappa shape index (κ1) is 17.9. The molecule has 0 unspecified atom stereocenters. The number of carbonyl (C=O) groups excluding carboxylic acids is 1. The first-order valence-corrected chi connectivity index (χ1v) is 8.66. The van der Waals surface area contributed by atoms with E-state index in [4.69, 9.17) is 16.3 Å². The summed E-state index contributed by atoms with van der Waals surface area (Å²) in [5, 5.41) is 4.61.